The number of rotatable bonds is 7. The van der Waals surface area contributed by atoms with E-state index in [1.807, 2.05) is 0 Å². The molecule has 3 atom stereocenters. The topological polar surface area (TPSA) is 86.5 Å². The molecule has 7 nitrogen and oxygen atoms in total. The van der Waals surface area contributed by atoms with Crippen LogP contribution in [0.1, 0.15) is 33.1 Å². The molecule has 0 bridgehead atoms. The van der Waals surface area contributed by atoms with Crippen LogP contribution in [-0.4, -0.2) is 42.1 Å². The van der Waals surface area contributed by atoms with Gasteiger partial charge in [0.05, 0.1) is 25.5 Å². The van der Waals surface area contributed by atoms with Crippen molar-refractivity contribution in [1.29, 1.82) is 0 Å². The van der Waals surface area contributed by atoms with Crippen LogP contribution in [0.5, 0.6) is 11.5 Å². The van der Waals surface area contributed by atoms with Gasteiger partial charge in [-0.05, 0) is 30.4 Å². The van der Waals surface area contributed by atoms with Gasteiger partial charge in [0, 0.05) is 12.1 Å². The van der Waals surface area contributed by atoms with Gasteiger partial charge in [-0.2, -0.15) is 0 Å². The summed E-state index contributed by atoms with van der Waals surface area (Å²) in [6, 6.07) is 5.61. The first-order valence-corrected chi connectivity index (χ1v) is 10.5. The van der Waals surface area contributed by atoms with E-state index < -0.39 is 0 Å². The molecule has 1 fully saturated rings. The fourth-order valence-corrected chi connectivity index (χ4v) is 4.09. The largest absolute Gasteiger partial charge is 0.497 e. The Balaban J connectivity index is 1.58. The summed E-state index contributed by atoms with van der Waals surface area (Å²) in [6.07, 6.45) is 3.45. The zero-order chi connectivity index (χ0) is 20.1. The average Bonchev–Trinajstić information content (AvgIpc) is 3.18. The van der Waals surface area contributed by atoms with E-state index in [-0.39, 0.29) is 17.7 Å². The second kappa shape index (κ2) is 9.32. The van der Waals surface area contributed by atoms with Crippen LogP contribution in [0.3, 0.4) is 0 Å². The monoisotopic (exact) mass is 405 g/mol. The minimum atomic E-state index is -0.00210. The number of nitrogens with zero attached hydrogens (tertiary/aromatic N) is 2. The van der Waals surface area contributed by atoms with E-state index >= 15 is 0 Å². The van der Waals surface area contributed by atoms with E-state index in [4.69, 9.17) is 13.9 Å². The summed E-state index contributed by atoms with van der Waals surface area (Å²) in [7, 11) is 3.16. The Morgan fingerprint density at radius 2 is 2.07 bits per heavy atom. The Morgan fingerprint density at radius 3 is 2.82 bits per heavy atom. The molecule has 28 heavy (non-hydrogen) atoms. The fraction of sp³-hybridized carbons (Fsp3) is 0.550. The maximum atomic E-state index is 12.3. The molecule has 1 aliphatic carbocycles. The number of hydrogen-bond acceptors (Lipinski definition) is 7. The first kappa shape index (κ1) is 20.5. The number of carbonyl (C=O) groups excluding carboxylic acids is 1. The summed E-state index contributed by atoms with van der Waals surface area (Å²) in [5.41, 5.74) is 0.678. The number of benzene rings is 1. The van der Waals surface area contributed by atoms with E-state index in [0.717, 1.165) is 6.42 Å². The molecule has 8 heteroatoms. The van der Waals surface area contributed by atoms with Crippen molar-refractivity contribution in [2.24, 2.45) is 11.8 Å². The van der Waals surface area contributed by atoms with Crippen LogP contribution >= 0.6 is 11.8 Å². The highest BCUT2D eigenvalue weighted by Gasteiger charge is 2.28. The lowest BCUT2D eigenvalue weighted by Gasteiger charge is -2.34. The Hall–Kier alpha value is -2.22. The van der Waals surface area contributed by atoms with E-state index in [1.54, 1.807) is 32.4 Å². The molecule has 0 spiro atoms. The molecule has 152 valence electrons. The van der Waals surface area contributed by atoms with E-state index in [9.17, 15) is 4.79 Å². The Morgan fingerprint density at radius 1 is 1.25 bits per heavy atom. The van der Waals surface area contributed by atoms with Crippen molar-refractivity contribution in [3.05, 3.63) is 18.2 Å². The van der Waals surface area contributed by atoms with Crippen LogP contribution in [-0.2, 0) is 4.79 Å². The average molecular weight is 406 g/mol. The molecule has 2 aromatic rings. The third-order valence-corrected chi connectivity index (χ3v) is 6.24. The third-order valence-electron chi connectivity index (χ3n) is 5.43. The summed E-state index contributed by atoms with van der Waals surface area (Å²) >= 11 is 1.24. The predicted octanol–water partition coefficient (Wildman–Crippen LogP) is 3.79. The number of ether oxygens (including phenoxy) is 2. The summed E-state index contributed by atoms with van der Waals surface area (Å²) in [5.74, 6) is 2.99. The maximum Gasteiger partial charge on any atom is 0.277 e. The molecule has 1 N–H and O–H groups in total. The minimum absolute atomic E-state index is 0.00210. The molecule has 0 saturated heterocycles. The van der Waals surface area contributed by atoms with Gasteiger partial charge in [-0.15, -0.1) is 10.2 Å². The van der Waals surface area contributed by atoms with Crippen molar-refractivity contribution in [3.8, 4) is 23.0 Å². The van der Waals surface area contributed by atoms with Gasteiger partial charge in [-0.25, -0.2) is 0 Å². The highest BCUT2D eigenvalue weighted by Crippen LogP contribution is 2.34. The van der Waals surface area contributed by atoms with Crippen LogP contribution in [0.2, 0.25) is 0 Å². The van der Waals surface area contributed by atoms with Gasteiger partial charge in [-0.3, -0.25) is 4.79 Å². The van der Waals surface area contributed by atoms with E-state index in [2.05, 4.69) is 29.4 Å². The lowest BCUT2D eigenvalue weighted by molar-refractivity contribution is -0.120. The van der Waals surface area contributed by atoms with Crippen molar-refractivity contribution in [2.45, 2.75) is 44.4 Å². The van der Waals surface area contributed by atoms with Gasteiger partial charge in [0.25, 0.3) is 11.1 Å². The molecular weight excluding hydrogens is 378 g/mol. The molecular formula is C20H27N3O4S. The summed E-state index contributed by atoms with van der Waals surface area (Å²) in [4.78, 5) is 12.3. The first-order valence-electron chi connectivity index (χ1n) is 9.50. The number of nitrogens with one attached hydrogen (secondary N) is 1. The zero-order valence-corrected chi connectivity index (χ0v) is 17.5. The summed E-state index contributed by atoms with van der Waals surface area (Å²) in [5, 5.41) is 11.6. The predicted molar refractivity (Wildman–Crippen MR) is 108 cm³/mol. The van der Waals surface area contributed by atoms with Gasteiger partial charge in [0.2, 0.25) is 5.91 Å². The van der Waals surface area contributed by atoms with Crippen molar-refractivity contribution in [2.75, 3.05) is 20.0 Å². The standard InChI is InChI=1S/C20H27N3O4S/c1-12-6-5-7-16(13(12)2)21-18(24)11-28-20-23-22-19(27-20)15-9-8-14(25-3)10-17(15)26-4/h8-10,12-13,16H,5-7,11H2,1-4H3,(H,21,24)/t12-,13-,16-/m1/s1. The molecule has 0 aliphatic heterocycles. The van der Waals surface area contributed by atoms with Crippen molar-refractivity contribution in [1.82, 2.24) is 15.5 Å². The molecule has 0 unspecified atom stereocenters. The van der Waals surface area contributed by atoms with Gasteiger partial charge in [0.15, 0.2) is 0 Å². The third kappa shape index (κ3) is 4.79. The van der Waals surface area contributed by atoms with Gasteiger partial charge >= 0.3 is 0 Å². The molecule has 0 radical (unpaired) electrons. The van der Waals surface area contributed by atoms with Crippen LogP contribution in [0.15, 0.2) is 27.8 Å². The lowest BCUT2D eigenvalue weighted by Crippen LogP contribution is -2.44. The quantitative estimate of drug-likeness (QED) is 0.701. The molecule has 1 amide bonds. The number of thioether (sulfide) groups is 1. The fourth-order valence-electron chi connectivity index (χ4n) is 3.51. The van der Waals surface area contributed by atoms with E-state index in [0.29, 0.717) is 40.0 Å². The molecule has 1 aromatic heterocycles. The van der Waals surface area contributed by atoms with Gasteiger partial charge < -0.3 is 19.2 Å². The van der Waals surface area contributed by atoms with Crippen molar-refractivity contribution >= 4 is 17.7 Å². The first-order chi connectivity index (χ1) is 13.5. The normalized spacial score (nSPS) is 21.9. The smallest absolute Gasteiger partial charge is 0.277 e. The summed E-state index contributed by atoms with van der Waals surface area (Å²) in [6.45, 7) is 4.47. The SMILES string of the molecule is COc1ccc(-c2nnc(SCC(=O)N[C@@H]3CCC[C@@H](C)[C@H]3C)o2)c(OC)c1. The van der Waals surface area contributed by atoms with Crippen molar-refractivity contribution < 1.29 is 18.7 Å². The highest BCUT2D eigenvalue weighted by molar-refractivity contribution is 7.99. The van der Waals surface area contributed by atoms with Crippen LogP contribution < -0.4 is 14.8 Å². The number of methoxy groups -OCH3 is 2. The van der Waals surface area contributed by atoms with E-state index in [1.165, 1.54) is 24.6 Å². The molecule has 1 saturated carbocycles. The minimum Gasteiger partial charge on any atom is -0.497 e. The molecule has 3 rings (SSSR count). The van der Waals surface area contributed by atoms with Crippen LogP contribution in [0.25, 0.3) is 11.5 Å². The van der Waals surface area contributed by atoms with Crippen LogP contribution in [0, 0.1) is 11.8 Å². The number of hydrogen-bond donors (Lipinski definition) is 1. The highest BCUT2D eigenvalue weighted by atomic mass is 32.2. The lowest BCUT2D eigenvalue weighted by atomic mass is 9.78. The van der Waals surface area contributed by atoms with Crippen molar-refractivity contribution in [3.63, 3.8) is 0 Å². The van der Waals surface area contributed by atoms with Gasteiger partial charge in [-0.1, -0.05) is 38.5 Å². The molecule has 1 heterocycles. The number of carbonyl (C=O) groups is 1. The maximum absolute atomic E-state index is 12.3. The number of amides is 1. The Kier molecular flexibility index (Phi) is 6.83. The second-order valence-electron chi connectivity index (χ2n) is 7.17. The van der Waals surface area contributed by atoms with Gasteiger partial charge in [0.1, 0.15) is 11.5 Å². The Labute approximate surface area is 169 Å². The zero-order valence-electron chi connectivity index (χ0n) is 16.7. The van der Waals surface area contributed by atoms with Crippen LogP contribution in [0.4, 0.5) is 0 Å². The Bertz CT molecular complexity index is 810. The number of aromatic nitrogens is 2. The second-order valence-corrected chi connectivity index (χ2v) is 8.10. The summed E-state index contributed by atoms with van der Waals surface area (Å²) < 4.78 is 16.3. The molecule has 1 aromatic carbocycles. The molecule has 1 aliphatic rings.